The molecule has 2 unspecified atom stereocenters. The molecule has 2 atom stereocenters. The molecule has 1 aliphatic carbocycles. The van der Waals surface area contributed by atoms with Crippen molar-refractivity contribution >= 4 is 8.15 Å². The van der Waals surface area contributed by atoms with Crippen molar-refractivity contribution in [3.63, 3.8) is 0 Å². The molecular weight excluding hydrogens is 119 g/mol. The quantitative estimate of drug-likeness (QED) is 0.492. The van der Waals surface area contributed by atoms with Crippen LogP contribution in [0.3, 0.4) is 0 Å². The lowest BCUT2D eigenvalue weighted by molar-refractivity contribution is 0.270. The van der Waals surface area contributed by atoms with Gasteiger partial charge in [0.05, 0.1) is 6.61 Å². The maximum Gasteiger partial charge on any atom is 0.0600 e. The number of hydrogen-bond donors (Lipinski definition) is 0. The van der Waals surface area contributed by atoms with Gasteiger partial charge in [-0.1, -0.05) is 0 Å². The van der Waals surface area contributed by atoms with E-state index in [1.54, 1.807) is 0 Å². The van der Waals surface area contributed by atoms with Crippen LogP contribution in [0.4, 0.5) is 0 Å². The van der Waals surface area contributed by atoms with Gasteiger partial charge in [-0.2, -0.15) is 0 Å². The molecule has 0 amide bonds. The fourth-order valence-corrected chi connectivity index (χ4v) is 2.73. The molecule has 0 bridgehead atoms. The maximum atomic E-state index is 5.31. The van der Waals surface area contributed by atoms with Gasteiger partial charge in [0.15, 0.2) is 0 Å². The number of rotatable bonds is 1. The van der Waals surface area contributed by atoms with E-state index >= 15 is 0 Å². The predicted molar refractivity (Wildman–Crippen MR) is 35.3 cm³/mol. The Hall–Kier alpha value is 0.390. The predicted octanol–water partition coefficient (Wildman–Crippen LogP) is 1.82. The van der Waals surface area contributed by atoms with E-state index in [-0.39, 0.29) is 8.15 Å². The molecule has 8 heavy (non-hydrogen) atoms. The molecule has 0 aromatic heterocycles. The minimum atomic E-state index is 0.0419. The Morgan fingerprint density at radius 1 is 1.50 bits per heavy atom. The fourth-order valence-electron chi connectivity index (χ4n) is 1.22. The first-order chi connectivity index (χ1) is 3.88. The Kier molecular flexibility index (Phi) is 1.09. The molecule has 0 radical (unpaired) electrons. The lowest BCUT2D eigenvalue weighted by Crippen LogP contribution is -2.25. The van der Waals surface area contributed by atoms with E-state index in [4.69, 9.17) is 4.52 Å². The van der Waals surface area contributed by atoms with Crippen LogP contribution in [0.5, 0.6) is 0 Å². The lowest BCUT2D eigenvalue weighted by atomic mass is 10.3. The molecule has 46 valence electrons. The van der Waals surface area contributed by atoms with Gasteiger partial charge in [0.2, 0.25) is 0 Å². The van der Waals surface area contributed by atoms with Crippen molar-refractivity contribution < 1.29 is 4.52 Å². The van der Waals surface area contributed by atoms with Crippen LogP contribution in [-0.2, 0) is 4.52 Å². The third-order valence-corrected chi connectivity index (χ3v) is 4.14. The minimum absolute atomic E-state index is 0.0419. The summed E-state index contributed by atoms with van der Waals surface area (Å²) in [4.78, 5) is 0. The normalized spacial score (nSPS) is 46.1. The first-order valence-electron chi connectivity index (χ1n) is 3.23. The molecule has 1 aliphatic heterocycles. The van der Waals surface area contributed by atoms with Crippen molar-refractivity contribution in [2.24, 2.45) is 5.92 Å². The van der Waals surface area contributed by atoms with Crippen LogP contribution in [0.1, 0.15) is 12.8 Å². The monoisotopic (exact) mass is 130 g/mol. The highest BCUT2D eigenvalue weighted by Crippen LogP contribution is 2.57. The van der Waals surface area contributed by atoms with Gasteiger partial charge in [0.25, 0.3) is 0 Å². The van der Waals surface area contributed by atoms with E-state index in [1.807, 2.05) is 0 Å². The molecular formula is C6H11OP. The van der Waals surface area contributed by atoms with E-state index in [2.05, 4.69) is 6.66 Å². The number of hydrogen-bond acceptors (Lipinski definition) is 1. The Labute approximate surface area is 51.3 Å². The largest absolute Gasteiger partial charge is 0.358 e. The molecule has 0 spiro atoms. The van der Waals surface area contributed by atoms with E-state index in [0.29, 0.717) is 0 Å². The molecule has 0 aromatic rings. The zero-order valence-electron chi connectivity index (χ0n) is 5.13. The SMILES string of the molecule is CP1OCC1C1CC1. The van der Waals surface area contributed by atoms with E-state index < -0.39 is 0 Å². The Bertz CT molecular complexity index is 98.7. The van der Waals surface area contributed by atoms with Crippen LogP contribution in [0.2, 0.25) is 0 Å². The zero-order valence-corrected chi connectivity index (χ0v) is 6.03. The summed E-state index contributed by atoms with van der Waals surface area (Å²) in [5.74, 6) is 1.08. The Morgan fingerprint density at radius 3 is 2.38 bits per heavy atom. The first-order valence-corrected chi connectivity index (χ1v) is 5.01. The molecule has 2 aliphatic rings. The van der Waals surface area contributed by atoms with Crippen molar-refractivity contribution in [3.8, 4) is 0 Å². The molecule has 2 heteroatoms. The summed E-state index contributed by atoms with van der Waals surface area (Å²) in [5, 5.41) is 0. The van der Waals surface area contributed by atoms with Crippen LogP contribution in [-0.4, -0.2) is 18.9 Å². The van der Waals surface area contributed by atoms with Crippen molar-refractivity contribution in [1.82, 2.24) is 0 Å². The summed E-state index contributed by atoms with van der Waals surface area (Å²) in [6.45, 7) is 3.33. The highest BCUT2D eigenvalue weighted by molar-refractivity contribution is 7.53. The molecule has 1 saturated heterocycles. The molecule has 1 saturated carbocycles. The summed E-state index contributed by atoms with van der Waals surface area (Å²) in [6.07, 6.45) is 2.97. The van der Waals surface area contributed by atoms with Crippen LogP contribution < -0.4 is 0 Å². The van der Waals surface area contributed by atoms with Crippen LogP contribution in [0.15, 0.2) is 0 Å². The fraction of sp³-hybridized carbons (Fsp3) is 1.00. The first kappa shape index (κ1) is 5.20. The van der Waals surface area contributed by atoms with Gasteiger partial charge < -0.3 is 4.52 Å². The Balaban J connectivity index is 1.87. The van der Waals surface area contributed by atoms with Gasteiger partial charge >= 0.3 is 0 Å². The molecule has 1 nitrogen and oxygen atoms in total. The van der Waals surface area contributed by atoms with E-state index in [9.17, 15) is 0 Å². The molecule has 2 fully saturated rings. The van der Waals surface area contributed by atoms with Crippen LogP contribution in [0, 0.1) is 5.92 Å². The minimum Gasteiger partial charge on any atom is -0.358 e. The van der Waals surface area contributed by atoms with Gasteiger partial charge in [-0.3, -0.25) is 0 Å². The summed E-state index contributed by atoms with van der Waals surface area (Å²) in [6, 6.07) is 0. The average molecular weight is 130 g/mol. The lowest BCUT2D eigenvalue weighted by Gasteiger charge is -2.33. The van der Waals surface area contributed by atoms with Gasteiger partial charge in [-0.15, -0.1) is 0 Å². The van der Waals surface area contributed by atoms with Gasteiger partial charge in [-0.05, 0) is 25.4 Å². The second-order valence-corrected chi connectivity index (χ2v) is 4.76. The second-order valence-electron chi connectivity index (χ2n) is 2.75. The maximum absolute atomic E-state index is 5.31. The van der Waals surface area contributed by atoms with Gasteiger partial charge in [0, 0.05) is 13.8 Å². The molecule has 0 aromatic carbocycles. The zero-order chi connectivity index (χ0) is 5.56. The summed E-state index contributed by atoms with van der Waals surface area (Å²) in [7, 11) is 0.0419. The molecule has 0 N–H and O–H groups in total. The molecule has 2 rings (SSSR count). The average Bonchev–Trinajstić information content (AvgIpc) is 2.46. The van der Waals surface area contributed by atoms with Crippen molar-refractivity contribution in [2.45, 2.75) is 18.5 Å². The standard InChI is InChI=1S/C6H11OP/c1-8-6(4-7-8)5-2-3-5/h5-6H,2-4H2,1H3. The van der Waals surface area contributed by atoms with Crippen LogP contribution in [0.25, 0.3) is 0 Å². The van der Waals surface area contributed by atoms with Gasteiger partial charge in [0.1, 0.15) is 0 Å². The summed E-state index contributed by atoms with van der Waals surface area (Å²) < 4.78 is 5.31. The van der Waals surface area contributed by atoms with E-state index in [0.717, 1.165) is 18.2 Å². The summed E-state index contributed by atoms with van der Waals surface area (Å²) >= 11 is 0. The highest BCUT2D eigenvalue weighted by atomic mass is 31.1. The third kappa shape index (κ3) is 0.691. The van der Waals surface area contributed by atoms with Crippen molar-refractivity contribution in [2.75, 3.05) is 13.3 Å². The van der Waals surface area contributed by atoms with Gasteiger partial charge in [-0.25, -0.2) is 0 Å². The van der Waals surface area contributed by atoms with Crippen LogP contribution >= 0.6 is 8.15 Å². The highest BCUT2D eigenvalue weighted by Gasteiger charge is 2.41. The second kappa shape index (κ2) is 1.68. The topological polar surface area (TPSA) is 9.23 Å². The smallest absolute Gasteiger partial charge is 0.0600 e. The van der Waals surface area contributed by atoms with E-state index in [1.165, 1.54) is 12.8 Å². The van der Waals surface area contributed by atoms with Crippen molar-refractivity contribution in [3.05, 3.63) is 0 Å². The molecule has 1 heterocycles. The Morgan fingerprint density at radius 2 is 2.25 bits per heavy atom. The third-order valence-electron chi connectivity index (χ3n) is 2.08. The van der Waals surface area contributed by atoms with Crippen molar-refractivity contribution in [1.29, 1.82) is 0 Å². The summed E-state index contributed by atoms with van der Waals surface area (Å²) in [5.41, 5.74) is 1.00.